The molecule has 2 aromatic rings. The number of rotatable bonds is 9. The van der Waals surface area contributed by atoms with E-state index >= 15 is 0 Å². The number of ether oxygens (including phenoxy) is 1. The quantitative estimate of drug-likeness (QED) is 0.505. The van der Waals surface area contributed by atoms with Gasteiger partial charge < -0.3 is 9.84 Å². The van der Waals surface area contributed by atoms with Crippen molar-refractivity contribution in [3.8, 4) is 0 Å². The molecule has 0 radical (unpaired) electrons. The number of hydrogen-bond acceptors (Lipinski definition) is 6. The zero-order valence-corrected chi connectivity index (χ0v) is 23.1. The second-order valence-electron chi connectivity index (χ2n) is 12.0. The van der Waals surface area contributed by atoms with Crippen molar-refractivity contribution in [1.29, 1.82) is 0 Å². The molecule has 4 atom stereocenters. The van der Waals surface area contributed by atoms with Crippen LogP contribution in [0, 0.1) is 17.8 Å². The summed E-state index contributed by atoms with van der Waals surface area (Å²) in [6, 6.07) is 11.3. The van der Waals surface area contributed by atoms with Crippen LogP contribution in [-0.2, 0) is 4.74 Å². The van der Waals surface area contributed by atoms with Gasteiger partial charge in [0.15, 0.2) is 0 Å². The molecular weight excluding hydrogens is 478 g/mol. The van der Waals surface area contributed by atoms with Gasteiger partial charge in [0.25, 0.3) is 11.8 Å². The second-order valence-corrected chi connectivity index (χ2v) is 12.0. The molecule has 2 fully saturated rings. The summed E-state index contributed by atoms with van der Waals surface area (Å²) in [7, 11) is 0. The molecule has 0 aromatic heterocycles. The summed E-state index contributed by atoms with van der Waals surface area (Å²) in [5.74, 6) is 1.49. The third-order valence-electron chi connectivity index (χ3n) is 8.89. The molecule has 1 saturated carbocycles. The number of β-amino-alcohol motifs (C(OH)–C–C–N with tert-alkyl or cyclic N) is 1. The SMILES string of the molecule is CC(C)[C@@H]1CC[C@@H](C)C[C@@H]1OC[C@@H](O)CN1CCN(CCN2C(=O)c3cccc4cccc(c34)C2=O)CC1. The summed E-state index contributed by atoms with van der Waals surface area (Å²) < 4.78 is 6.27. The summed E-state index contributed by atoms with van der Waals surface area (Å²) in [6.07, 6.45) is 3.36. The van der Waals surface area contributed by atoms with Crippen LogP contribution in [0.5, 0.6) is 0 Å². The molecular formula is C31H43N3O4. The maximum absolute atomic E-state index is 13.1. The third-order valence-corrected chi connectivity index (χ3v) is 8.89. The monoisotopic (exact) mass is 521 g/mol. The van der Waals surface area contributed by atoms with E-state index in [0.717, 1.165) is 43.4 Å². The number of aliphatic hydroxyl groups is 1. The van der Waals surface area contributed by atoms with E-state index in [9.17, 15) is 14.7 Å². The minimum Gasteiger partial charge on any atom is -0.389 e. The van der Waals surface area contributed by atoms with Gasteiger partial charge in [-0.1, -0.05) is 51.5 Å². The Bertz CT molecular complexity index is 1090. The first-order valence-corrected chi connectivity index (χ1v) is 14.4. The zero-order chi connectivity index (χ0) is 26.8. The number of benzene rings is 2. The molecule has 1 aliphatic carbocycles. The van der Waals surface area contributed by atoms with Crippen LogP contribution in [0.2, 0.25) is 0 Å². The average molecular weight is 522 g/mol. The molecule has 1 N–H and O–H groups in total. The topological polar surface area (TPSA) is 73.3 Å². The van der Waals surface area contributed by atoms with Crippen LogP contribution in [0.25, 0.3) is 10.8 Å². The van der Waals surface area contributed by atoms with E-state index < -0.39 is 6.10 Å². The Morgan fingerprint density at radius 2 is 1.55 bits per heavy atom. The predicted octanol–water partition coefficient (Wildman–Crippen LogP) is 3.89. The second kappa shape index (κ2) is 11.8. The predicted molar refractivity (Wildman–Crippen MR) is 149 cm³/mol. The highest BCUT2D eigenvalue weighted by molar-refractivity contribution is 6.25. The smallest absolute Gasteiger partial charge is 0.261 e. The molecule has 3 aliphatic rings. The number of aliphatic hydroxyl groups excluding tert-OH is 1. The maximum atomic E-state index is 13.1. The molecule has 1 saturated heterocycles. The molecule has 206 valence electrons. The Kier molecular flexibility index (Phi) is 8.48. The fourth-order valence-corrected chi connectivity index (χ4v) is 6.61. The molecule has 2 heterocycles. The van der Waals surface area contributed by atoms with Gasteiger partial charge in [-0.3, -0.25) is 24.3 Å². The zero-order valence-electron chi connectivity index (χ0n) is 23.1. The molecule has 2 aliphatic heterocycles. The Hall–Kier alpha value is -2.32. The van der Waals surface area contributed by atoms with Crippen molar-refractivity contribution in [3.63, 3.8) is 0 Å². The molecule has 7 heteroatoms. The highest BCUT2D eigenvalue weighted by atomic mass is 16.5. The molecule has 2 amide bonds. The summed E-state index contributed by atoms with van der Waals surface area (Å²) in [5, 5.41) is 12.4. The lowest BCUT2D eigenvalue weighted by Gasteiger charge is -2.38. The van der Waals surface area contributed by atoms with Crippen molar-refractivity contribution in [3.05, 3.63) is 47.5 Å². The van der Waals surface area contributed by atoms with E-state index in [1.807, 2.05) is 36.4 Å². The number of hydrogen-bond donors (Lipinski definition) is 1. The van der Waals surface area contributed by atoms with Gasteiger partial charge in [-0.15, -0.1) is 0 Å². The van der Waals surface area contributed by atoms with Crippen LogP contribution < -0.4 is 0 Å². The highest BCUT2D eigenvalue weighted by Crippen LogP contribution is 2.35. The fourth-order valence-electron chi connectivity index (χ4n) is 6.61. The number of nitrogens with zero attached hydrogens (tertiary/aromatic N) is 3. The van der Waals surface area contributed by atoms with Gasteiger partial charge in [0.05, 0.1) is 18.8 Å². The van der Waals surface area contributed by atoms with E-state index in [1.54, 1.807) is 0 Å². The molecule has 7 nitrogen and oxygen atoms in total. The van der Waals surface area contributed by atoms with Crippen molar-refractivity contribution in [2.45, 2.75) is 52.2 Å². The summed E-state index contributed by atoms with van der Waals surface area (Å²) in [5.41, 5.74) is 1.22. The van der Waals surface area contributed by atoms with E-state index in [4.69, 9.17) is 4.74 Å². The lowest BCUT2D eigenvalue weighted by molar-refractivity contribution is -0.0754. The molecule has 0 bridgehead atoms. The molecule has 0 unspecified atom stereocenters. The Balaban J connectivity index is 1.07. The summed E-state index contributed by atoms with van der Waals surface area (Å²) in [6.45, 7) is 12.3. The van der Waals surface area contributed by atoms with Crippen molar-refractivity contribution in [2.75, 3.05) is 52.4 Å². The van der Waals surface area contributed by atoms with Crippen LogP contribution in [0.3, 0.4) is 0 Å². The first-order valence-electron chi connectivity index (χ1n) is 14.4. The van der Waals surface area contributed by atoms with Gasteiger partial charge in [-0.05, 0) is 48.1 Å². The summed E-state index contributed by atoms with van der Waals surface area (Å²) >= 11 is 0. The first-order chi connectivity index (χ1) is 18.3. The van der Waals surface area contributed by atoms with Gasteiger partial charge >= 0.3 is 0 Å². The Morgan fingerprint density at radius 3 is 2.18 bits per heavy atom. The first kappa shape index (κ1) is 27.3. The average Bonchev–Trinajstić information content (AvgIpc) is 2.91. The Labute approximate surface area is 226 Å². The minimum absolute atomic E-state index is 0.201. The van der Waals surface area contributed by atoms with Gasteiger partial charge in [-0.25, -0.2) is 0 Å². The van der Waals surface area contributed by atoms with E-state index in [0.29, 0.717) is 55.1 Å². The van der Waals surface area contributed by atoms with E-state index in [1.165, 1.54) is 17.7 Å². The van der Waals surface area contributed by atoms with Crippen LogP contribution >= 0.6 is 0 Å². The van der Waals surface area contributed by atoms with Gasteiger partial charge in [-0.2, -0.15) is 0 Å². The van der Waals surface area contributed by atoms with Crippen LogP contribution in [-0.4, -0.2) is 96.2 Å². The lowest BCUT2D eigenvalue weighted by atomic mass is 9.75. The van der Waals surface area contributed by atoms with Crippen molar-refractivity contribution in [1.82, 2.24) is 14.7 Å². The number of piperazine rings is 1. The number of carbonyl (C=O) groups excluding carboxylic acids is 2. The van der Waals surface area contributed by atoms with Crippen LogP contribution in [0.15, 0.2) is 36.4 Å². The van der Waals surface area contributed by atoms with Crippen LogP contribution in [0.4, 0.5) is 0 Å². The molecule has 5 rings (SSSR count). The largest absolute Gasteiger partial charge is 0.389 e. The lowest BCUT2D eigenvalue weighted by Crippen LogP contribution is -2.52. The van der Waals surface area contributed by atoms with E-state index in [2.05, 4.69) is 30.6 Å². The van der Waals surface area contributed by atoms with Crippen LogP contribution in [0.1, 0.15) is 60.7 Å². The molecule has 2 aromatic carbocycles. The van der Waals surface area contributed by atoms with Gasteiger partial charge in [0.2, 0.25) is 0 Å². The fraction of sp³-hybridized carbons (Fsp3) is 0.613. The van der Waals surface area contributed by atoms with Gasteiger partial charge in [0.1, 0.15) is 0 Å². The minimum atomic E-state index is -0.488. The highest BCUT2D eigenvalue weighted by Gasteiger charge is 2.34. The number of carbonyl (C=O) groups is 2. The molecule has 0 spiro atoms. The van der Waals surface area contributed by atoms with Crippen molar-refractivity contribution in [2.24, 2.45) is 17.8 Å². The standard InChI is InChI=1S/C31H43N3O4/c1-21(2)25-11-10-22(3)18-28(25)38-20-24(35)19-33-14-12-32(13-15-33)16-17-34-30(36)26-8-4-6-23-7-5-9-27(29(23)26)31(34)37/h4-9,21-22,24-25,28,35H,10-20H2,1-3H3/t22-,24+,25+,28+/m1/s1. The van der Waals surface area contributed by atoms with Crippen molar-refractivity contribution < 1.29 is 19.4 Å². The number of imide groups is 1. The summed E-state index contributed by atoms with van der Waals surface area (Å²) in [4.78, 5) is 32.3. The van der Waals surface area contributed by atoms with E-state index in [-0.39, 0.29) is 17.9 Å². The van der Waals surface area contributed by atoms with Gasteiger partial charge in [0, 0.05) is 62.3 Å². The molecule has 38 heavy (non-hydrogen) atoms. The maximum Gasteiger partial charge on any atom is 0.261 e. The third kappa shape index (κ3) is 5.81. The van der Waals surface area contributed by atoms with Crippen molar-refractivity contribution >= 4 is 22.6 Å². The normalized spacial score (nSPS) is 25.9. The Morgan fingerprint density at radius 1 is 0.921 bits per heavy atom. The number of amides is 2.